The van der Waals surface area contributed by atoms with Crippen LogP contribution in [0.5, 0.6) is 0 Å². The molecule has 2 rings (SSSR count). The van der Waals surface area contributed by atoms with Gasteiger partial charge in [-0.1, -0.05) is 47.5 Å². The average molecular weight is 391 g/mol. The zero-order valence-electron chi connectivity index (χ0n) is 12.9. The van der Waals surface area contributed by atoms with Crippen molar-refractivity contribution in [1.29, 1.82) is 0 Å². The molecule has 0 aliphatic carbocycles. The average Bonchev–Trinajstić information content (AvgIpc) is 2.55. The number of carbonyl (C=O) groups is 1. The highest BCUT2D eigenvalue weighted by molar-refractivity contribution is 9.10. The summed E-state index contributed by atoms with van der Waals surface area (Å²) in [5, 5.41) is 6.14. The number of anilines is 1. The predicted molar refractivity (Wildman–Crippen MR) is 103 cm³/mol. The normalized spacial score (nSPS) is 10.2. The van der Waals surface area contributed by atoms with Gasteiger partial charge >= 0.3 is 0 Å². The van der Waals surface area contributed by atoms with E-state index >= 15 is 0 Å². The molecule has 1 amide bonds. The second-order valence-electron chi connectivity index (χ2n) is 5.18. The molecule has 0 unspecified atom stereocenters. The number of hydrogen-bond acceptors (Lipinski definition) is 2. The first-order valence-electron chi connectivity index (χ1n) is 7.56. The zero-order valence-corrected chi connectivity index (χ0v) is 15.3. The van der Waals surface area contributed by atoms with Crippen LogP contribution in [-0.2, 0) is 6.42 Å². The van der Waals surface area contributed by atoms with E-state index in [1.165, 1.54) is 5.56 Å². The molecule has 120 valence electrons. The fourth-order valence-corrected chi connectivity index (χ4v) is 2.79. The minimum Gasteiger partial charge on any atom is -0.332 e. The van der Waals surface area contributed by atoms with E-state index in [0.29, 0.717) is 10.7 Å². The molecule has 2 N–H and O–H groups in total. The third kappa shape index (κ3) is 5.44. The molecule has 0 radical (unpaired) electrons. The number of rotatable bonds is 5. The van der Waals surface area contributed by atoms with Gasteiger partial charge in [-0.25, -0.2) is 0 Å². The van der Waals surface area contributed by atoms with Gasteiger partial charge in [-0.3, -0.25) is 10.1 Å². The summed E-state index contributed by atoms with van der Waals surface area (Å²) < 4.78 is 1.04. The smallest absolute Gasteiger partial charge is 0.257 e. The standard InChI is InChI=1S/C18H19BrN2OS/c1-2-3-7-14-12-15(19)10-11-16(14)20-18(23)21-17(22)13-8-5-4-6-9-13/h4-6,8-12H,2-3,7H2,1H3,(H2,20,21,22,23). The van der Waals surface area contributed by atoms with Crippen molar-refractivity contribution < 1.29 is 4.79 Å². The lowest BCUT2D eigenvalue weighted by Gasteiger charge is -2.14. The highest BCUT2D eigenvalue weighted by Crippen LogP contribution is 2.23. The Hall–Kier alpha value is -1.72. The van der Waals surface area contributed by atoms with E-state index in [2.05, 4.69) is 39.6 Å². The Kier molecular flexibility index (Phi) is 6.74. The zero-order chi connectivity index (χ0) is 16.7. The van der Waals surface area contributed by atoms with Gasteiger partial charge in [0, 0.05) is 15.7 Å². The summed E-state index contributed by atoms with van der Waals surface area (Å²) >= 11 is 8.76. The largest absolute Gasteiger partial charge is 0.332 e. The summed E-state index contributed by atoms with van der Waals surface area (Å²) in [6, 6.07) is 15.0. The van der Waals surface area contributed by atoms with E-state index in [9.17, 15) is 4.79 Å². The highest BCUT2D eigenvalue weighted by Gasteiger charge is 2.09. The van der Waals surface area contributed by atoms with Crippen LogP contribution in [0.4, 0.5) is 5.69 Å². The van der Waals surface area contributed by atoms with Crippen molar-refractivity contribution in [2.75, 3.05) is 5.32 Å². The molecule has 0 saturated heterocycles. The van der Waals surface area contributed by atoms with E-state index in [1.807, 2.05) is 30.3 Å². The summed E-state index contributed by atoms with van der Waals surface area (Å²) in [6.07, 6.45) is 3.20. The molecule has 23 heavy (non-hydrogen) atoms. The summed E-state index contributed by atoms with van der Waals surface area (Å²) in [6.45, 7) is 2.16. The number of nitrogens with one attached hydrogen (secondary N) is 2. The van der Waals surface area contributed by atoms with Gasteiger partial charge in [-0.2, -0.15) is 0 Å². The molecule has 2 aromatic carbocycles. The van der Waals surface area contributed by atoms with Crippen molar-refractivity contribution in [3.63, 3.8) is 0 Å². The minimum atomic E-state index is -0.213. The van der Waals surface area contributed by atoms with E-state index in [-0.39, 0.29) is 5.91 Å². The summed E-state index contributed by atoms with van der Waals surface area (Å²) in [5.74, 6) is -0.213. The molecule has 0 saturated carbocycles. The molecule has 0 heterocycles. The second kappa shape index (κ2) is 8.79. The summed E-state index contributed by atoms with van der Waals surface area (Å²) in [4.78, 5) is 12.1. The van der Waals surface area contributed by atoms with E-state index in [1.54, 1.807) is 12.1 Å². The molecule has 5 heteroatoms. The number of thiocarbonyl (C=S) groups is 1. The Morgan fingerprint density at radius 2 is 1.91 bits per heavy atom. The van der Waals surface area contributed by atoms with E-state index in [0.717, 1.165) is 29.4 Å². The van der Waals surface area contributed by atoms with Gasteiger partial charge in [0.2, 0.25) is 0 Å². The van der Waals surface area contributed by atoms with Gasteiger partial charge in [0.1, 0.15) is 0 Å². The van der Waals surface area contributed by atoms with Crippen LogP contribution in [0.3, 0.4) is 0 Å². The van der Waals surface area contributed by atoms with Crippen LogP contribution in [0.2, 0.25) is 0 Å². The first-order valence-corrected chi connectivity index (χ1v) is 8.76. The monoisotopic (exact) mass is 390 g/mol. The van der Waals surface area contributed by atoms with Crippen molar-refractivity contribution in [3.05, 3.63) is 64.1 Å². The van der Waals surface area contributed by atoms with E-state index < -0.39 is 0 Å². The van der Waals surface area contributed by atoms with Crippen LogP contribution < -0.4 is 10.6 Å². The van der Waals surface area contributed by atoms with Crippen LogP contribution in [0.1, 0.15) is 35.7 Å². The van der Waals surface area contributed by atoms with Gasteiger partial charge in [0.05, 0.1) is 0 Å². The first-order chi connectivity index (χ1) is 11.1. The topological polar surface area (TPSA) is 41.1 Å². The molecule has 0 aromatic heterocycles. The van der Waals surface area contributed by atoms with Gasteiger partial charge in [-0.05, 0) is 61.0 Å². The lowest BCUT2D eigenvalue weighted by molar-refractivity contribution is 0.0977. The van der Waals surface area contributed by atoms with Gasteiger partial charge in [0.15, 0.2) is 5.11 Å². The van der Waals surface area contributed by atoms with Gasteiger partial charge < -0.3 is 5.32 Å². The lowest BCUT2D eigenvalue weighted by Crippen LogP contribution is -2.34. The van der Waals surface area contributed by atoms with Crippen LogP contribution >= 0.6 is 28.1 Å². The SMILES string of the molecule is CCCCc1cc(Br)ccc1NC(=S)NC(=O)c1ccccc1. The van der Waals surface area contributed by atoms with Crippen LogP contribution in [-0.4, -0.2) is 11.0 Å². The van der Waals surface area contributed by atoms with Crippen molar-refractivity contribution >= 4 is 44.9 Å². The number of halogens is 1. The molecule has 0 spiro atoms. The Labute approximate surface area is 150 Å². The van der Waals surface area contributed by atoms with Crippen molar-refractivity contribution in [2.24, 2.45) is 0 Å². The second-order valence-corrected chi connectivity index (χ2v) is 6.50. The summed E-state index contributed by atoms with van der Waals surface area (Å²) in [5.41, 5.74) is 2.69. The fraction of sp³-hybridized carbons (Fsp3) is 0.222. The third-order valence-electron chi connectivity index (χ3n) is 3.38. The van der Waals surface area contributed by atoms with Crippen molar-refractivity contribution in [1.82, 2.24) is 5.32 Å². The van der Waals surface area contributed by atoms with Crippen LogP contribution in [0.25, 0.3) is 0 Å². The molecular formula is C18H19BrN2OS. The fourth-order valence-electron chi connectivity index (χ4n) is 2.18. The Balaban J connectivity index is 2.04. The molecule has 0 aliphatic rings. The number of amides is 1. The molecule has 3 nitrogen and oxygen atoms in total. The Morgan fingerprint density at radius 3 is 2.61 bits per heavy atom. The molecule has 0 fully saturated rings. The molecule has 0 bridgehead atoms. The van der Waals surface area contributed by atoms with E-state index in [4.69, 9.17) is 12.2 Å². The molecule has 0 aliphatic heterocycles. The first kappa shape index (κ1) is 17.6. The third-order valence-corrected chi connectivity index (χ3v) is 4.08. The number of benzene rings is 2. The number of hydrogen-bond donors (Lipinski definition) is 2. The maximum atomic E-state index is 12.1. The maximum absolute atomic E-state index is 12.1. The summed E-state index contributed by atoms with van der Waals surface area (Å²) in [7, 11) is 0. The number of unbranched alkanes of at least 4 members (excludes halogenated alkanes) is 1. The van der Waals surface area contributed by atoms with Crippen molar-refractivity contribution in [2.45, 2.75) is 26.2 Å². The van der Waals surface area contributed by atoms with Crippen LogP contribution in [0, 0.1) is 0 Å². The van der Waals surface area contributed by atoms with Crippen LogP contribution in [0.15, 0.2) is 53.0 Å². The van der Waals surface area contributed by atoms with Gasteiger partial charge in [0.25, 0.3) is 5.91 Å². The van der Waals surface area contributed by atoms with Gasteiger partial charge in [-0.15, -0.1) is 0 Å². The van der Waals surface area contributed by atoms with Crippen molar-refractivity contribution in [3.8, 4) is 0 Å². The number of aryl methyl sites for hydroxylation is 1. The number of carbonyl (C=O) groups excluding carboxylic acids is 1. The highest BCUT2D eigenvalue weighted by atomic mass is 79.9. The Morgan fingerprint density at radius 1 is 1.17 bits per heavy atom. The minimum absolute atomic E-state index is 0.213. The molecule has 2 aromatic rings. The maximum Gasteiger partial charge on any atom is 0.257 e. The predicted octanol–water partition coefficient (Wildman–Crippen LogP) is 4.92. The molecule has 0 atom stereocenters. The lowest BCUT2D eigenvalue weighted by atomic mass is 10.1. The molecular weight excluding hydrogens is 372 g/mol. The Bertz CT molecular complexity index is 689. The quantitative estimate of drug-likeness (QED) is 0.711.